The van der Waals surface area contributed by atoms with Crippen LogP contribution in [0.5, 0.6) is 0 Å². The standard InChI is InChI=1S/C9H18O2/c1-4-8(7-10)9(5-2)11-6-3/h7-9H,4-6H2,1-3H3. The molecule has 0 saturated carbocycles. The van der Waals surface area contributed by atoms with E-state index in [0.29, 0.717) is 6.61 Å². The Morgan fingerprint density at radius 2 is 1.91 bits per heavy atom. The molecule has 0 aromatic rings. The van der Waals surface area contributed by atoms with Crippen molar-refractivity contribution >= 4 is 6.29 Å². The molecule has 2 atom stereocenters. The zero-order valence-electron chi connectivity index (χ0n) is 7.67. The van der Waals surface area contributed by atoms with E-state index in [9.17, 15) is 4.79 Å². The third-order valence-electron chi connectivity index (χ3n) is 1.91. The second-order valence-electron chi connectivity index (χ2n) is 2.61. The smallest absolute Gasteiger partial charge is 0.125 e. The average molecular weight is 158 g/mol. The van der Waals surface area contributed by atoms with Gasteiger partial charge < -0.3 is 9.53 Å². The summed E-state index contributed by atoms with van der Waals surface area (Å²) in [5.41, 5.74) is 0. The molecule has 11 heavy (non-hydrogen) atoms. The summed E-state index contributed by atoms with van der Waals surface area (Å²) in [6.07, 6.45) is 2.93. The van der Waals surface area contributed by atoms with Gasteiger partial charge in [-0.15, -0.1) is 0 Å². The molecule has 66 valence electrons. The molecule has 0 fully saturated rings. The molecule has 0 radical (unpaired) electrons. The number of hydrogen-bond donors (Lipinski definition) is 0. The Labute approximate surface area is 68.9 Å². The van der Waals surface area contributed by atoms with Crippen LogP contribution in [0.25, 0.3) is 0 Å². The first-order chi connectivity index (χ1) is 5.29. The van der Waals surface area contributed by atoms with Crippen LogP contribution >= 0.6 is 0 Å². The molecule has 2 nitrogen and oxygen atoms in total. The molecule has 0 spiro atoms. The highest BCUT2D eigenvalue weighted by Gasteiger charge is 2.16. The Morgan fingerprint density at radius 3 is 2.18 bits per heavy atom. The van der Waals surface area contributed by atoms with Gasteiger partial charge in [-0.3, -0.25) is 0 Å². The molecule has 0 saturated heterocycles. The van der Waals surface area contributed by atoms with Crippen LogP contribution in [-0.4, -0.2) is 19.0 Å². The molecule has 2 heteroatoms. The molecule has 0 N–H and O–H groups in total. The van der Waals surface area contributed by atoms with Crippen molar-refractivity contribution in [3.63, 3.8) is 0 Å². The van der Waals surface area contributed by atoms with Crippen LogP contribution in [0.15, 0.2) is 0 Å². The highest BCUT2D eigenvalue weighted by Crippen LogP contribution is 2.12. The molecule has 0 heterocycles. The summed E-state index contributed by atoms with van der Waals surface area (Å²) < 4.78 is 5.40. The van der Waals surface area contributed by atoms with Gasteiger partial charge in [0.25, 0.3) is 0 Å². The highest BCUT2D eigenvalue weighted by atomic mass is 16.5. The van der Waals surface area contributed by atoms with Crippen molar-refractivity contribution in [2.45, 2.75) is 39.7 Å². The fraction of sp³-hybridized carbons (Fsp3) is 0.889. The normalized spacial score (nSPS) is 15.9. The Morgan fingerprint density at radius 1 is 1.27 bits per heavy atom. The lowest BCUT2D eigenvalue weighted by molar-refractivity contribution is -0.116. The van der Waals surface area contributed by atoms with E-state index in [0.717, 1.165) is 19.1 Å². The molecule has 0 aliphatic carbocycles. The van der Waals surface area contributed by atoms with Crippen LogP contribution in [0, 0.1) is 5.92 Å². The Kier molecular flexibility index (Phi) is 6.13. The van der Waals surface area contributed by atoms with Gasteiger partial charge in [0.15, 0.2) is 0 Å². The van der Waals surface area contributed by atoms with E-state index in [1.165, 1.54) is 0 Å². The summed E-state index contributed by atoms with van der Waals surface area (Å²) in [5.74, 6) is 0.0833. The highest BCUT2D eigenvalue weighted by molar-refractivity contribution is 5.54. The summed E-state index contributed by atoms with van der Waals surface area (Å²) >= 11 is 0. The SMILES string of the molecule is CCOC(CC)C(C=O)CC. The van der Waals surface area contributed by atoms with E-state index in [-0.39, 0.29) is 12.0 Å². The summed E-state index contributed by atoms with van der Waals surface area (Å²) in [6, 6.07) is 0. The summed E-state index contributed by atoms with van der Waals surface area (Å²) in [6.45, 7) is 6.72. The number of aldehydes is 1. The third-order valence-corrected chi connectivity index (χ3v) is 1.91. The van der Waals surface area contributed by atoms with E-state index in [4.69, 9.17) is 4.74 Å². The van der Waals surface area contributed by atoms with Gasteiger partial charge in [-0.05, 0) is 19.8 Å². The topological polar surface area (TPSA) is 26.3 Å². The maximum absolute atomic E-state index is 10.5. The largest absolute Gasteiger partial charge is 0.378 e. The second-order valence-corrected chi connectivity index (χ2v) is 2.61. The maximum atomic E-state index is 10.5. The van der Waals surface area contributed by atoms with E-state index in [2.05, 4.69) is 0 Å². The van der Waals surface area contributed by atoms with Crippen molar-refractivity contribution in [1.82, 2.24) is 0 Å². The second kappa shape index (κ2) is 6.35. The van der Waals surface area contributed by atoms with Gasteiger partial charge >= 0.3 is 0 Å². The zero-order valence-corrected chi connectivity index (χ0v) is 7.67. The first kappa shape index (κ1) is 10.6. The van der Waals surface area contributed by atoms with E-state index < -0.39 is 0 Å². The van der Waals surface area contributed by atoms with Gasteiger partial charge in [0.2, 0.25) is 0 Å². The molecule has 0 aromatic carbocycles. The Bertz CT molecular complexity index is 102. The lowest BCUT2D eigenvalue weighted by Gasteiger charge is -2.19. The van der Waals surface area contributed by atoms with Crippen molar-refractivity contribution in [1.29, 1.82) is 0 Å². The Balaban J connectivity index is 3.86. The van der Waals surface area contributed by atoms with Gasteiger partial charge in [-0.2, -0.15) is 0 Å². The molecular weight excluding hydrogens is 140 g/mol. The van der Waals surface area contributed by atoms with Crippen molar-refractivity contribution in [3.8, 4) is 0 Å². The molecule has 0 rings (SSSR count). The monoisotopic (exact) mass is 158 g/mol. The minimum Gasteiger partial charge on any atom is -0.378 e. The molecule has 0 amide bonds. The fourth-order valence-corrected chi connectivity index (χ4v) is 1.21. The summed E-state index contributed by atoms with van der Waals surface area (Å²) in [4.78, 5) is 10.5. The predicted molar refractivity (Wildman–Crippen MR) is 45.6 cm³/mol. The van der Waals surface area contributed by atoms with Crippen molar-refractivity contribution in [2.24, 2.45) is 5.92 Å². The molecule has 0 aromatic heterocycles. The number of rotatable bonds is 6. The number of carbonyl (C=O) groups excluding carboxylic acids is 1. The summed E-state index contributed by atoms with van der Waals surface area (Å²) in [7, 11) is 0. The molecule has 0 aliphatic rings. The predicted octanol–water partition coefficient (Wildman–Crippen LogP) is 2.03. The third kappa shape index (κ3) is 3.51. The molecule has 0 aliphatic heterocycles. The van der Waals surface area contributed by atoms with Crippen molar-refractivity contribution < 1.29 is 9.53 Å². The minimum atomic E-state index is 0.0833. The number of hydrogen-bond acceptors (Lipinski definition) is 2. The van der Waals surface area contributed by atoms with Gasteiger partial charge in [0, 0.05) is 12.5 Å². The lowest BCUT2D eigenvalue weighted by Crippen LogP contribution is -2.23. The van der Waals surface area contributed by atoms with Crippen LogP contribution in [0.1, 0.15) is 33.6 Å². The van der Waals surface area contributed by atoms with E-state index in [1.807, 2.05) is 20.8 Å². The van der Waals surface area contributed by atoms with Crippen LogP contribution in [-0.2, 0) is 9.53 Å². The van der Waals surface area contributed by atoms with Crippen LogP contribution in [0.4, 0.5) is 0 Å². The maximum Gasteiger partial charge on any atom is 0.125 e. The van der Waals surface area contributed by atoms with Gasteiger partial charge in [-0.25, -0.2) is 0 Å². The van der Waals surface area contributed by atoms with Gasteiger partial charge in [0.1, 0.15) is 6.29 Å². The van der Waals surface area contributed by atoms with E-state index in [1.54, 1.807) is 0 Å². The zero-order chi connectivity index (χ0) is 8.69. The summed E-state index contributed by atoms with van der Waals surface area (Å²) in [5, 5.41) is 0. The molecular formula is C9H18O2. The first-order valence-electron chi connectivity index (χ1n) is 4.36. The number of carbonyl (C=O) groups is 1. The minimum absolute atomic E-state index is 0.0833. The quantitative estimate of drug-likeness (QED) is 0.553. The van der Waals surface area contributed by atoms with Gasteiger partial charge in [-0.1, -0.05) is 13.8 Å². The van der Waals surface area contributed by atoms with Crippen LogP contribution < -0.4 is 0 Å². The van der Waals surface area contributed by atoms with Crippen LogP contribution in [0.2, 0.25) is 0 Å². The van der Waals surface area contributed by atoms with E-state index >= 15 is 0 Å². The first-order valence-corrected chi connectivity index (χ1v) is 4.36. The fourth-order valence-electron chi connectivity index (χ4n) is 1.21. The van der Waals surface area contributed by atoms with Crippen molar-refractivity contribution in [2.75, 3.05) is 6.61 Å². The lowest BCUT2D eigenvalue weighted by atomic mass is 9.99. The van der Waals surface area contributed by atoms with Gasteiger partial charge in [0.05, 0.1) is 6.10 Å². The van der Waals surface area contributed by atoms with Crippen molar-refractivity contribution in [3.05, 3.63) is 0 Å². The van der Waals surface area contributed by atoms with Crippen LogP contribution in [0.3, 0.4) is 0 Å². The number of ether oxygens (including phenoxy) is 1. The molecule has 2 unspecified atom stereocenters. The molecule has 0 bridgehead atoms. The Hall–Kier alpha value is -0.370. The average Bonchev–Trinajstić information content (AvgIpc) is 2.05.